The maximum absolute atomic E-state index is 14.2. The van der Waals surface area contributed by atoms with Gasteiger partial charge in [-0.1, -0.05) is 29.8 Å². The Morgan fingerprint density at radius 3 is 2.87 bits per heavy atom. The number of hydrogen-bond acceptors (Lipinski definition) is 2. The minimum absolute atomic E-state index is 0.0343. The van der Waals surface area contributed by atoms with Crippen LogP contribution in [0.25, 0.3) is 11.0 Å². The van der Waals surface area contributed by atoms with Crippen LogP contribution in [0, 0.1) is 5.82 Å². The molecule has 118 valence electrons. The quantitative estimate of drug-likeness (QED) is 0.694. The Kier molecular flexibility index (Phi) is 3.79. The molecule has 1 saturated heterocycles. The first kappa shape index (κ1) is 14.7. The van der Waals surface area contributed by atoms with E-state index in [1.165, 1.54) is 6.07 Å². The highest BCUT2D eigenvalue weighted by atomic mass is 35.5. The van der Waals surface area contributed by atoms with Crippen molar-refractivity contribution in [3.8, 4) is 0 Å². The third-order valence-electron chi connectivity index (χ3n) is 4.28. The predicted molar refractivity (Wildman–Crippen MR) is 88.2 cm³/mol. The highest BCUT2D eigenvalue weighted by molar-refractivity contribution is 6.31. The van der Waals surface area contributed by atoms with E-state index < -0.39 is 0 Å². The number of imidazole rings is 1. The van der Waals surface area contributed by atoms with Crippen molar-refractivity contribution in [3.63, 3.8) is 0 Å². The molecule has 2 aromatic carbocycles. The largest absolute Gasteiger partial charge is 0.370 e. The summed E-state index contributed by atoms with van der Waals surface area (Å²) in [6.45, 7) is 1.09. The summed E-state index contributed by atoms with van der Waals surface area (Å²) in [4.78, 5) is 4.72. The second-order valence-corrected chi connectivity index (χ2v) is 6.15. The van der Waals surface area contributed by atoms with Crippen molar-refractivity contribution in [2.24, 2.45) is 0 Å². The fourth-order valence-corrected chi connectivity index (χ4v) is 3.35. The molecule has 0 radical (unpaired) electrons. The Hall–Kier alpha value is -1.91. The van der Waals surface area contributed by atoms with E-state index in [0.29, 0.717) is 17.1 Å². The van der Waals surface area contributed by atoms with Crippen molar-refractivity contribution in [2.75, 3.05) is 6.61 Å². The van der Waals surface area contributed by atoms with Gasteiger partial charge in [-0.2, -0.15) is 0 Å². The van der Waals surface area contributed by atoms with Gasteiger partial charge in [0.1, 0.15) is 17.7 Å². The molecule has 3 nitrogen and oxygen atoms in total. The van der Waals surface area contributed by atoms with Gasteiger partial charge in [-0.05, 0) is 37.1 Å². The Balaban J connectivity index is 1.85. The van der Waals surface area contributed by atoms with Gasteiger partial charge >= 0.3 is 0 Å². The van der Waals surface area contributed by atoms with E-state index in [2.05, 4.69) is 0 Å². The number of nitrogens with zero attached hydrogens (tertiary/aromatic N) is 2. The molecule has 1 aromatic heterocycles. The van der Waals surface area contributed by atoms with Crippen molar-refractivity contribution in [1.82, 2.24) is 9.55 Å². The second-order valence-electron chi connectivity index (χ2n) is 5.75. The number of hydrogen-bond donors (Lipinski definition) is 0. The van der Waals surface area contributed by atoms with E-state index >= 15 is 0 Å². The lowest BCUT2D eigenvalue weighted by molar-refractivity contribution is 0.103. The molecule has 0 amide bonds. The fourth-order valence-electron chi connectivity index (χ4n) is 3.13. The van der Waals surface area contributed by atoms with E-state index in [1.807, 2.05) is 28.8 Å². The number of rotatable bonds is 3. The van der Waals surface area contributed by atoms with E-state index in [4.69, 9.17) is 21.3 Å². The lowest BCUT2D eigenvalue weighted by atomic mass is 10.2. The van der Waals surface area contributed by atoms with E-state index in [-0.39, 0.29) is 11.9 Å². The van der Waals surface area contributed by atoms with Crippen LogP contribution in [0.1, 0.15) is 30.3 Å². The molecule has 0 N–H and O–H groups in total. The highest BCUT2D eigenvalue weighted by Crippen LogP contribution is 2.32. The maximum atomic E-state index is 14.2. The summed E-state index contributed by atoms with van der Waals surface area (Å²) in [5.41, 5.74) is 2.35. The van der Waals surface area contributed by atoms with Crippen molar-refractivity contribution < 1.29 is 9.13 Å². The smallest absolute Gasteiger partial charge is 0.139 e. The molecule has 23 heavy (non-hydrogen) atoms. The molecule has 4 rings (SSSR count). The first-order valence-corrected chi connectivity index (χ1v) is 8.11. The molecule has 2 heterocycles. The first-order chi connectivity index (χ1) is 11.2. The van der Waals surface area contributed by atoms with E-state index in [0.717, 1.165) is 36.3 Å². The molecule has 1 aliphatic heterocycles. The van der Waals surface area contributed by atoms with Crippen molar-refractivity contribution in [1.29, 1.82) is 0 Å². The summed E-state index contributed by atoms with van der Waals surface area (Å²) < 4.78 is 22.0. The third-order valence-corrected chi connectivity index (χ3v) is 4.63. The van der Waals surface area contributed by atoms with Gasteiger partial charge in [0.15, 0.2) is 0 Å². The minimum atomic E-state index is -0.298. The average Bonchev–Trinajstić information content (AvgIpc) is 3.19. The Bertz CT molecular complexity index is 835. The van der Waals surface area contributed by atoms with Gasteiger partial charge in [0.25, 0.3) is 0 Å². The summed E-state index contributed by atoms with van der Waals surface area (Å²) in [6, 6.07) is 12.6. The zero-order chi connectivity index (χ0) is 15.8. The van der Waals surface area contributed by atoms with Gasteiger partial charge in [0.05, 0.1) is 17.6 Å². The van der Waals surface area contributed by atoms with Crippen LogP contribution >= 0.6 is 11.6 Å². The van der Waals surface area contributed by atoms with E-state index in [9.17, 15) is 4.39 Å². The Morgan fingerprint density at radius 2 is 2.09 bits per heavy atom. The fraction of sp³-hybridized carbons (Fsp3) is 0.278. The lowest BCUT2D eigenvalue weighted by Crippen LogP contribution is -2.11. The highest BCUT2D eigenvalue weighted by Gasteiger charge is 2.25. The van der Waals surface area contributed by atoms with Gasteiger partial charge in [0, 0.05) is 17.2 Å². The molecule has 5 heteroatoms. The van der Waals surface area contributed by atoms with Crippen LogP contribution in [0.5, 0.6) is 0 Å². The number of aromatic nitrogens is 2. The van der Waals surface area contributed by atoms with Crippen molar-refractivity contribution in [2.45, 2.75) is 25.5 Å². The molecule has 3 aromatic rings. The van der Waals surface area contributed by atoms with Crippen LogP contribution in [-0.4, -0.2) is 16.2 Å². The summed E-state index contributed by atoms with van der Waals surface area (Å²) in [5, 5.41) is 0.432. The maximum Gasteiger partial charge on any atom is 0.139 e. The van der Waals surface area contributed by atoms with Crippen molar-refractivity contribution >= 4 is 22.6 Å². The second kappa shape index (κ2) is 5.95. The zero-order valence-electron chi connectivity index (χ0n) is 12.5. The Labute approximate surface area is 138 Å². The number of benzene rings is 2. The molecular weight excluding hydrogens is 315 g/mol. The van der Waals surface area contributed by atoms with Crippen LogP contribution in [0.4, 0.5) is 4.39 Å². The third kappa shape index (κ3) is 2.62. The van der Waals surface area contributed by atoms with Gasteiger partial charge in [-0.25, -0.2) is 9.37 Å². The number of ether oxygens (including phenoxy) is 1. The van der Waals surface area contributed by atoms with Crippen molar-refractivity contribution in [3.05, 3.63) is 64.7 Å². The SMILES string of the molecule is Fc1cccc(Cl)c1Cn1c(C2CCCO2)nc2ccccc21. The molecule has 1 atom stereocenters. The average molecular weight is 331 g/mol. The number of halogens is 2. The molecule has 0 saturated carbocycles. The summed E-state index contributed by atoms with van der Waals surface area (Å²) in [7, 11) is 0. The van der Waals surface area contributed by atoms with Gasteiger partial charge < -0.3 is 9.30 Å². The molecule has 1 unspecified atom stereocenters. The first-order valence-electron chi connectivity index (χ1n) is 7.73. The summed E-state index contributed by atoms with van der Waals surface area (Å²) in [5.74, 6) is 0.552. The standard InChI is InChI=1S/C18H16ClFN2O/c19-13-5-3-6-14(20)12(13)11-22-16-8-2-1-7-15(16)21-18(22)17-9-4-10-23-17/h1-3,5-8,17H,4,9-11H2. The molecule has 1 fully saturated rings. The molecule has 0 aliphatic carbocycles. The molecule has 0 spiro atoms. The summed E-state index contributed by atoms with van der Waals surface area (Å²) in [6.07, 6.45) is 1.93. The van der Waals surface area contributed by atoms with Crippen LogP contribution in [0.15, 0.2) is 42.5 Å². The monoisotopic (exact) mass is 330 g/mol. The van der Waals surface area contributed by atoms with Gasteiger partial charge in [-0.15, -0.1) is 0 Å². The molecular formula is C18H16ClFN2O. The Morgan fingerprint density at radius 1 is 1.22 bits per heavy atom. The lowest BCUT2D eigenvalue weighted by Gasteiger charge is -2.15. The number of para-hydroxylation sites is 2. The van der Waals surface area contributed by atoms with E-state index in [1.54, 1.807) is 12.1 Å². The van der Waals surface area contributed by atoms with Crippen LogP contribution < -0.4 is 0 Å². The van der Waals surface area contributed by atoms with Crippen LogP contribution in [0.2, 0.25) is 5.02 Å². The van der Waals surface area contributed by atoms with Gasteiger partial charge in [-0.3, -0.25) is 0 Å². The summed E-state index contributed by atoms with van der Waals surface area (Å²) >= 11 is 6.20. The van der Waals surface area contributed by atoms with Crippen LogP contribution in [0.3, 0.4) is 0 Å². The van der Waals surface area contributed by atoms with Gasteiger partial charge in [0.2, 0.25) is 0 Å². The molecule has 1 aliphatic rings. The number of fused-ring (bicyclic) bond motifs is 1. The van der Waals surface area contributed by atoms with Crippen LogP contribution in [-0.2, 0) is 11.3 Å². The minimum Gasteiger partial charge on any atom is -0.370 e. The predicted octanol–water partition coefficient (Wildman–Crippen LogP) is 4.73. The normalized spacial score (nSPS) is 17.9. The molecule has 0 bridgehead atoms. The topological polar surface area (TPSA) is 27.1 Å². The zero-order valence-corrected chi connectivity index (χ0v) is 13.3.